The third-order valence-corrected chi connectivity index (χ3v) is 7.39. The SMILES string of the molecule is C[C@@H]1CN(c2ccc(OCCO)cc2Cl)[C@H](c2ccc(Cl)cc2)CN1C[C@@](C)(O)c1ccc(CO)nc1. The van der Waals surface area contributed by atoms with Crippen LogP contribution in [-0.2, 0) is 12.2 Å². The zero-order valence-corrected chi connectivity index (χ0v) is 22.5. The van der Waals surface area contributed by atoms with Gasteiger partial charge in [0, 0.05) is 48.5 Å². The number of benzene rings is 2. The van der Waals surface area contributed by atoms with Gasteiger partial charge in [0.1, 0.15) is 18.0 Å². The van der Waals surface area contributed by atoms with Crippen LogP contribution in [0.2, 0.25) is 10.0 Å². The third-order valence-electron chi connectivity index (χ3n) is 6.83. The van der Waals surface area contributed by atoms with E-state index >= 15 is 0 Å². The number of β-amino-alcohol motifs (C(OH)–C–C–N with tert-alkyl or cyclic N) is 1. The van der Waals surface area contributed by atoms with E-state index in [1.54, 1.807) is 25.3 Å². The highest BCUT2D eigenvalue weighted by Gasteiger charge is 2.37. The molecular formula is C28H33Cl2N3O4. The molecule has 0 amide bonds. The Hall–Kier alpha value is -2.39. The van der Waals surface area contributed by atoms with Crippen LogP contribution in [0.15, 0.2) is 60.8 Å². The molecule has 1 aliphatic rings. The molecule has 9 heteroatoms. The monoisotopic (exact) mass is 545 g/mol. The molecule has 198 valence electrons. The Kier molecular flexibility index (Phi) is 8.95. The van der Waals surface area contributed by atoms with Gasteiger partial charge in [-0.1, -0.05) is 41.4 Å². The molecule has 1 fully saturated rings. The fraction of sp³-hybridized carbons (Fsp3) is 0.393. The van der Waals surface area contributed by atoms with Crippen LogP contribution in [0.5, 0.6) is 5.75 Å². The molecule has 37 heavy (non-hydrogen) atoms. The molecule has 0 radical (unpaired) electrons. The van der Waals surface area contributed by atoms with Gasteiger partial charge in [-0.3, -0.25) is 9.88 Å². The van der Waals surface area contributed by atoms with E-state index in [9.17, 15) is 10.2 Å². The molecule has 1 aromatic heterocycles. The molecule has 0 bridgehead atoms. The smallest absolute Gasteiger partial charge is 0.121 e. The summed E-state index contributed by atoms with van der Waals surface area (Å²) in [5.41, 5.74) is 2.11. The molecule has 2 heterocycles. The number of hydrogen-bond acceptors (Lipinski definition) is 7. The first-order valence-electron chi connectivity index (χ1n) is 12.3. The van der Waals surface area contributed by atoms with Gasteiger partial charge in [-0.05, 0) is 49.7 Å². The van der Waals surface area contributed by atoms with Crippen LogP contribution >= 0.6 is 23.2 Å². The summed E-state index contributed by atoms with van der Waals surface area (Å²) in [6, 6.07) is 17.0. The van der Waals surface area contributed by atoms with E-state index in [1.807, 2.05) is 42.5 Å². The largest absolute Gasteiger partial charge is 0.491 e. The summed E-state index contributed by atoms with van der Waals surface area (Å²) in [4.78, 5) is 8.81. The Balaban J connectivity index is 1.62. The maximum Gasteiger partial charge on any atom is 0.121 e. The number of piperazine rings is 1. The summed E-state index contributed by atoms with van der Waals surface area (Å²) in [5.74, 6) is 0.606. The molecule has 4 rings (SSSR count). The summed E-state index contributed by atoms with van der Waals surface area (Å²) in [7, 11) is 0. The summed E-state index contributed by atoms with van der Waals surface area (Å²) >= 11 is 12.9. The standard InChI is InChI=1S/C28H33Cl2N3O4/c1-19-15-33(26-10-9-24(13-25(26)30)37-12-11-34)27(20-3-6-22(29)7-4-20)16-32(19)18-28(2,36)21-5-8-23(17-35)31-14-21/h3-10,13-14,19,27,34-36H,11-12,15-18H2,1-2H3/t19-,27+,28-/m1/s1. The molecule has 0 unspecified atom stereocenters. The second kappa shape index (κ2) is 12.0. The minimum absolute atomic E-state index is 0.0409. The number of aliphatic hydroxyl groups excluding tert-OH is 2. The van der Waals surface area contributed by atoms with Crippen molar-refractivity contribution in [3.05, 3.63) is 87.7 Å². The van der Waals surface area contributed by atoms with Crippen molar-refractivity contribution in [1.82, 2.24) is 9.88 Å². The van der Waals surface area contributed by atoms with Crippen molar-refractivity contribution in [2.75, 3.05) is 37.7 Å². The van der Waals surface area contributed by atoms with E-state index in [0.717, 1.165) is 11.3 Å². The Morgan fingerprint density at radius 3 is 2.43 bits per heavy atom. The van der Waals surface area contributed by atoms with Crippen molar-refractivity contribution >= 4 is 28.9 Å². The Labute approximate surface area is 227 Å². The lowest BCUT2D eigenvalue weighted by Crippen LogP contribution is -2.56. The number of anilines is 1. The number of ether oxygens (including phenoxy) is 1. The maximum absolute atomic E-state index is 11.4. The summed E-state index contributed by atoms with van der Waals surface area (Å²) < 4.78 is 5.53. The molecule has 0 aliphatic carbocycles. The highest BCUT2D eigenvalue weighted by Crippen LogP contribution is 2.39. The van der Waals surface area contributed by atoms with Crippen LogP contribution < -0.4 is 9.64 Å². The van der Waals surface area contributed by atoms with Crippen molar-refractivity contribution in [3.8, 4) is 5.75 Å². The molecule has 2 aromatic carbocycles. The molecule has 3 aromatic rings. The lowest BCUT2D eigenvalue weighted by Gasteiger charge is -2.48. The normalized spacial score (nSPS) is 20.0. The first-order chi connectivity index (χ1) is 17.7. The van der Waals surface area contributed by atoms with Gasteiger partial charge in [-0.15, -0.1) is 0 Å². The highest BCUT2D eigenvalue weighted by molar-refractivity contribution is 6.33. The van der Waals surface area contributed by atoms with Crippen molar-refractivity contribution in [2.24, 2.45) is 0 Å². The van der Waals surface area contributed by atoms with Crippen LogP contribution in [-0.4, -0.2) is 64.1 Å². The van der Waals surface area contributed by atoms with Crippen LogP contribution in [0.1, 0.15) is 36.7 Å². The number of halogens is 2. The Bertz CT molecular complexity index is 1180. The van der Waals surface area contributed by atoms with Crippen molar-refractivity contribution in [1.29, 1.82) is 0 Å². The van der Waals surface area contributed by atoms with Crippen molar-refractivity contribution in [3.63, 3.8) is 0 Å². The fourth-order valence-electron chi connectivity index (χ4n) is 4.78. The fourth-order valence-corrected chi connectivity index (χ4v) is 5.19. The van der Waals surface area contributed by atoms with Gasteiger partial charge in [0.05, 0.1) is 35.7 Å². The highest BCUT2D eigenvalue weighted by atomic mass is 35.5. The number of pyridine rings is 1. The summed E-state index contributed by atoms with van der Waals surface area (Å²) in [5, 5.41) is 31.0. The number of rotatable bonds is 9. The molecule has 1 saturated heterocycles. The average Bonchev–Trinajstić information content (AvgIpc) is 2.89. The maximum atomic E-state index is 11.4. The van der Waals surface area contributed by atoms with Crippen LogP contribution in [0, 0.1) is 0 Å². The molecule has 0 spiro atoms. The average molecular weight is 546 g/mol. The number of hydrogen-bond donors (Lipinski definition) is 3. The zero-order chi connectivity index (χ0) is 26.6. The Morgan fingerprint density at radius 2 is 1.81 bits per heavy atom. The number of nitrogens with zero attached hydrogens (tertiary/aromatic N) is 3. The Morgan fingerprint density at radius 1 is 1.05 bits per heavy atom. The van der Waals surface area contributed by atoms with Crippen LogP contribution in [0.4, 0.5) is 5.69 Å². The lowest BCUT2D eigenvalue weighted by molar-refractivity contribution is -0.00396. The minimum Gasteiger partial charge on any atom is -0.491 e. The van der Waals surface area contributed by atoms with Gasteiger partial charge in [0.25, 0.3) is 0 Å². The van der Waals surface area contributed by atoms with Crippen molar-refractivity contribution in [2.45, 2.75) is 38.1 Å². The molecule has 1 aliphatic heterocycles. The summed E-state index contributed by atoms with van der Waals surface area (Å²) in [6.07, 6.45) is 1.63. The zero-order valence-electron chi connectivity index (χ0n) is 21.0. The van der Waals surface area contributed by atoms with E-state index in [2.05, 4.69) is 21.7 Å². The second-order valence-electron chi connectivity index (χ2n) is 9.65. The first-order valence-corrected chi connectivity index (χ1v) is 13.1. The predicted octanol–water partition coefficient (Wildman–Crippen LogP) is 4.41. The van der Waals surface area contributed by atoms with Crippen LogP contribution in [0.25, 0.3) is 0 Å². The molecule has 3 atom stereocenters. The van der Waals surface area contributed by atoms with E-state index < -0.39 is 5.60 Å². The minimum atomic E-state index is -1.13. The quantitative estimate of drug-likeness (QED) is 0.367. The van der Waals surface area contributed by atoms with E-state index in [4.69, 9.17) is 33.0 Å². The van der Waals surface area contributed by atoms with E-state index in [-0.39, 0.29) is 31.9 Å². The molecular weight excluding hydrogens is 513 g/mol. The first kappa shape index (κ1) is 27.6. The number of aromatic nitrogens is 1. The van der Waals surface area contributed by atoms with Gasteiger partial charge >= 0.3 is 0 Å². The van der Waals surface area contributed by atoms with Crippen molar-refractivity contribution < 1.29 is 20.1 Å². The second-order valence-corrected chi connectivity index (χ2v) is 10.5. The lowest BCUT2D eigenvalue weighted by atomic mass is 9.93. The third kappa shape index (κ3) is 6.55. The molecule has 3 N–H and O–H groups in total. The molecule has 7 nitrogen and oxygen atoms in total. The van der Waals surface area contributed by atoms with Crippen LogP contribution in [0.3, 0.4) is 0 Å². The van der Waals surface area contributed by atoms with E-state index in [1.165, 1.54) is 0 Å². The molecule has 0 saturated carbocycles. The van der Waals surface area contributed by atoms with Gasteiger partial charge in [-0.2, -0.15) is 0 Å². The van der Waals surface area contributed by atoms with Gasteiger partial charge in [0.2, 0.25) is 0 Å². The van der Waals surface area contributed by atoms with Gasteiger partial charge in [0.15, 0.2) is 0 Å². The van der Waals surface area contributed by atoms with Gasteiger partial charge in [-0.25, -0.2) is 0 Å². The predicted molar refractivity (Wildman–Crippen MR) is 146 cm³/mol. The van der Waals surface area contributed by atoms with E-state index in [0.29, 0.717) is 46.7 Å². The number of aliphatic hydroxyl groups is 3. The summed E-state index contributed by atoms with van der Waals surface area (Å²) in [6.45, 7) is 5.68. The topological polar surface area (TPSA) is 89.3 Å². The van der Waals surface area contributed by atoms with Gasteiger partial charge < -0.3 is 25.0 Å².